The Morgan fingerprint density at radius 1 is 1.00 bits per heavy atom. The molecule has 0 fully saturated rings. The number of nitrogens with zero attached hydrogens (tertiary/aromatic N) is 3. The van der Waals surface area contributed by atoms with Crippen molar-refractivity contribution in [2.45, 2.75) is 19.2 Å². The molecule has 5 rings (SSSR count). The first-order chi connectivity index (χ1) is 18.0. The van der Waals surface area contributed by atoms with Crippen LogP contribution in [0.25, 0.3) is 11.3 Å². The van der Waals surface area contributed by atoms with Crippen molar-refractivity contribution >= 4 is 23.5 Å². The molecule has 3 aromatic carbocycles. The van der Waals surface area contributed by atoms with Crippen molar-refractivity contribution in [3.63, 3.8) is 0 Å². The van der Waals surface area contributed by atoms with Crippen LogP contribution in [0.5, 0.6) is 0 Å². The molecule has 1 amide bonds. The lowest BCUT2D eigenvalue weighted by atomic mass is 10.1. The SMILES string of the molecule is COC(=O)c1cccc(CN2CC(COCc3ccccc3)n3nc(-c4ccc(Cl)cc4)cc3C2=O)c1. The maximum absolute atomic E-state index is 13.5. The van der Waals surface area contributed by atoms with Crippen LogP contribution in [0, 0.1) is 0 Å². The number of hydrogen-bond acceptors (Lipinski definition) is 5. The molecule has 0 bridgehead atoms. The average molecular weight is 516 g/mol. The Balaban J connectivity index is 1.41. The standard InChI is InChI=1S/C29H26ClN3O4/c1-36-29(35)23-9-5-8-21(14-23)16-32-17-25(19-37-18-20-6-3-2-4-7-20)33-27(28(32)34)15-26(31-33)22-10-12-24(30)13-11-22/h2-15,25H,16-19H2,1H3. The Bertz CT molecular complexity index is 1400. The minimum atomic E-state index is -0.412. The van der Waals surface area contributed by atoms with Gasteiger partial charge in [-0.2, -0.15) is 5.10 Å². The zero-order chi connectivity index (χ0) is 25.8. The van der Waals surface area contributed by atoms with Gasteiger partial charge in [0.1, 0.15) is 5.69 Å². The van der Waals surface area contributed by atoms with Gasteiger partial charge in [-0.05, 0) is 41.5 Å². The molecule has 188 valence electrons. The second-order valence-electron chi connectivity index (χ2n) is 8.90. The lowest BCUT2D eigenvalue weighted by Crippen LogP contribution is -2.44. The monoisotopic (exact) mass is 515 g/mol. The number of carbonyl (C=O) groups excluding carboxylic acids is 2. The predicted molar refractivity (Wildman–Crippen MR) is 140 cm³/mol. The molecule has 37 heavy (non-hydrogen) atoms. The highest BCUT2D eigenvalue weighted by atomic mass is 35.5. The van der Waals surface area contributed by atoms with Crippen LogP contribution in [0.2, 0.25) is 5.02 Å². The second kappa shape index (κ2) is 11.0. The molecule has 8 heteroatoms. The molecule has 0 spiro atoms. The van der Waals surface area contributed by atoms with Crippen LogP contribution in [0.3, 0.4) is 0 Å². The summed E-state index contributed by atoms with van der Waals surface area (Å²) in [4.78, 5) is 27.3. The van der Waals surface area contributed by atoms with Gasteiger partial charge in [-0.25, -0.2) is 4.79 Å². The van der Waals surface area contributed by atoms with Crippen molar-refractivity contribution in [3.8, 4) is 11.3 Å². The molecule has 4 aromatic rings. The molecule has 0 radical (unpaired) electrons. The highest BCUT2D eigenvalue weighted by molar-refractivity contribution is 6.30. The highest BCUT2D eigenvalue weighted by Gasteiger charge is 2.33. The summed E-state index contributed by atoms with van der Waals surface area (Å²) in [5, 5.41) is 5.42. The molecule has 1 atom stereocenters. The highest BCUT2D eigenvalue weighted by Crippen LogP contribution is 2.29. The van der Waals surface area contributed by atoms with Crippen LogP contribution >= 0.6 is 11.6 Å². The number of fused-ring (bicyclic) bond motifs is 1. The summed E-state index contributed by atoms with van der Waals surface area (Å²) in [5.41, 5.74) is 4.43. The third-order valence-electron chi connectivity index (χ3n) is 6.30. The summed E-state index contributed by atoms with van der Waals surface area (Å²) in [6.45, 7) is 1.62. The fourth-order valence-corrected chi connectivity index (χ4v) is 4.58. The molecule has 0 N–H and O–H groups in total. The summed E-state index contributed by atoms with van der Waals surface area (Å²) in [7, 11) is 1.35. The van der Waals surface area contributed by atoms with E-state index in [0.29, 0.717) is 48.3 Å². The van der Waals surface area contributed by atoms with Gasteiger partial charge < -0.3 is 14.4 Å². The molecule has 0 saturated carbocycles. The predicted octanol–water partition coefficient (Wildman–Crippen LogP) is 5.40. The lowest BCUT2D eigenvalue weighted by Gasteiger charge is -2.33. The minimum absolute atomic E-state index is 0.129. The maximum atomic E-state index is 13.5. The van der Waals surface area contributed by atoms with Crippen molar-refractivity contribution in [2.75, 3.05) is 20.3 Å². The molecule has 0 aliphatic carbocycles. The number of hydrogen-bond donors (Lipinski definition) is 0. The molecule has 0 saturated heterocycles. The smallest absolute Gasteiger partial charge is 0.337 e. The van der Waals surface area contributed by atoms with E-state index in [1.165, 1.54) is 7.11 Å². The van der Waals surface area contributed by atoms with Crippen molar-refractivity contribution in [1.29, 1.82) is 0 Å². The normalized spacial score (nSPS) is 14.9. The lowest BCUT2D eigenvalue weighted by molar-refractivity contribution is 0.0431. The van der Waals surface area contributed by atoms with E-state index in [0.717, 1.165) is 16.7 Å². The first kappa shape index (κ1) is 24.7. The summed E-state index contributed by atoms with van der Waals surface area (Å²) >= 11 is 6.06. The zero-order valence-corrected chi connectivity index (χ0v) is 21.1. The number of halogens is 1. The van der Waals surface area contributed by atoms with E-state index in [1.807, 2.05) is 54.6 Å². The van der Waals surface area contributed by atoms with Crippen LogP contribution in [0.4, 0.5) is 0 Å². The van der Waals surface area contributed by atoms with Crippen LogP contribution in [-0.2, 0) is 22.6 Å². The largest absolute Gasteiger partial charge is 0.465 e. The second-order valence-corrected chi connectivity index (χ2v) is 9.33. The number of benzene rings is 3. The Hall–Kier alpha value is -3.94. The van der Waals surface area contributed by atoms with Gasteiger partial charge >= 0.3 is 5.97 Å². The van der Waals surface area contributed by atoms with E-state index in [4.69, 9.17) is 26.2 Å². The molecule has 2 heterocycles. The molecule has 1 unspecified atom stereocenters. The maximum Gasteiger partial charge on any atom is 0.337 e. The number of rotatable bonds is 8. The van der Waals surface area contributed by atoms with E-state index in [-0.39, 0.29) is 11.9 Å². The van der Waals surface area contributed by atoms with Crippen molar-refractivity contribution in [3.05, 3.63) is 112 Å². The van der Waals surface area contributed by atoms with Crippen LogP contribution in [0.15, 0.2) is 84.9 Å². The van der Waals surface area contributed by atoms with E-state index >= 15 is 0 Å². The van der Waals surface area contributed by atoms with Gasteiger partial charge in [0, 0.05) is 23.7 Å². The van der Waals surface area contributed by atoms with Crippen LogP contribution in [-0.4, -0.2) is 46.8 Å². The summed E-state index contributed by atoms with van der Waals surface area (Å²) in [5.74, 6) is -0.541. The molecular formula is C29H26ClN3O4. The Morgan fingerprint density at radius 2 is 1.76 bits per heavy atom. The third kappa shape index (κ3) is 5.58. The number of aromatic nitrogens is 2. The molecule has 1 aliphatic rings. The van der Waals surface area contributed by atoms with Gasteiger partial charge in [-0.15, -0.1) is 0 Å². The number of esters is 1. The number of ether oxygens (including phenoxy) is 2. The quantitative estimate of drug-likeness (QED) is 0.294. The van der Waals surface area contributed by atoms with Crippen LogP contribution in [0.1, 0.15) is 38.0 Å². The van der Waals surface area contributed by atoms with E-state index in [1.54, 1.807) is 39.9 Å². The zero-order valence-electron chi connectivity index (χ0n) is 20.3. The molecule has 1 aromatic heterocycles. The van der Waals surface area contributed by atoms with E-state index < -0.39 is 5.97 Å². The van der Waals surface area contributed by atoms with Crippen molar-refractivity contribution in [2.24, 2.45) is 0 Å². The number of methoxy groups -OCH3 is 1. The van der Waals surface area contributed by atoms with Gasteiger partial charge in [-0.1, -0.05) is 66.2 Å². The van der Waals surface area contributed by atoms with Crippen molar-refractivity contribution in [1.82, 2.24) is 14.7 Å². The summed E-state index contributed by atoms with van der Waals surface area (Å²) in [6.07, 6.45) is 0. The van der Waals surface area contributed by atoms with Gasteiger partial charge in [0.05, 0.1) is 37.6 Å². The van der Waals surface area contributed by atoms with Gasteiger partial charge in [0.25, 0.3) is 5.91 Å². The minimum Gasteiger partial charge on any atom is -0.465 e. The third-order valence-corrected chi connectivity index (χ3v) is 6.55. The first-order valence-electron chi connectivity index (χ1n) is 12.0. The fourth-order valence-electron chi connectivity index (χ4n) is 4.45. The van der Waals surface area contributed by atoms with E-state index in [9.17, 15) is 9.59 Å². The molecule has 1 aliphatic heterocycles. The first-order valence-corrected chi connectivity index (χ1v) is 12.3. The summed E-state index contributed by atoms with van der Waals surface area (Å²) < 4.78 is 12.7. The molecular weight excluding hydrogens is 490 g/mol. The summed E-state index contributed by atoms with van der Waals surface area (Å²) in [6, 6.07) is 26.1. The average Bonchev–Trinajstić information content (AvgIpc) is 3.38. The van der Waals surface area contributed by atoms with Gasteiger partial charge in [0.15, 0.2) is 0 Å². The van der Waals surface area contributed by atoms with Gasteiger partial charge in [-0.3, -0.25) is 9.48 Å². The Labute approximate surface area is 220 Å². The van der Waals surface area contributed by atoms with Gasteiger partial charge in [0.2, 0.25) is 0 Å². The van der Waals surface area contributed by atoms with Crippen LogP contribution < -0.4 is 0 Å². The number of amides is 1. The number of carbonyl (C=O) groups is 2. The molecule has 7 nitrogen and oxygen atoms in total. The Kier molecular flexibility index (Phi) is 7.35. The van der Waals surface area contributed by atoms with Crippen molar-refractivity contribution < 1.29 is 19.1 Å². The Morgan fingerprint density at radius 3 is 2.51 bits per heavy atom. The topological polar surface area (TPSA) is 73.7 Å². The van der Waals surface area contributed by atoms with E-state index in [2.05, 4.69) is 0 Å². The fraction of sp³-hybridized carbons (Fsp3) is 0.207.